The topological polar surface area (TPSA) is 61.8 Å². The Morgan fingerprint density at radius 3 is 2.46 bits per heavy atom. The van der Waals surface area contributed by atoms with Crippen molar-refractivity contribution >= 4 is 11.6 Å². The van der Waals surface area contributed by atoms with Gasteiger partial charge in [0.05, 0.1) is 12.2 Å². The van der Waals surface area contributed by atoms with Gasteiger partial charge in [0.25, 0.3) is 5.91 Å². The van der Waals surface area contributed by atoms with Gasteiger partial charge in [0, 0.05) is 18.8 Å². The molecule has 3 atom stereocenters. The fourth-order valence-electron chi connectivity index (χ4n) is 3.50. The van der Waals surface area contributed by atoms with Crippen LogP contribution in [0.3, 0.4) is 0 Å². The first-order valence-electron chi connectivity index (χ1n) is 10.0. The van der Waals surface area contributed by atoms with E-state index in [0.717, 1.165) is 32.4 Å². The van der Waals surface area contributed by atoms with Crippen LogP contribution < -0.4 is 5.32 Å². The Balaban J connectivity index is 1.44. The fourth-order valence-corrected chi connectivity index (χ4v) is 3.50. The van der Waals surface area contributed by atoms with Crippen LogP contribution >= 0.6 is 0 Å². The second-order valence-electron chi connectivity index (χ2n) is 7.51. The average Bonchev–Trinajstić information content (AvgIpc) is 2.73. The number of nitrogens with zero attached hydrogens (tertiary/aromatic N) is 1. The van der Waals surface area contributed by atoms with Gasteiger partial charge in [-0.3, -0.25) is 4.79 Å². The molecule has 1 heterocycles. The zero-order valence-corrected chi connectivity index (χ0v) is 16.5. The summed E-state index contributed by atoms with van der Waals surface area (Å²) in [6, 6.07) is 19.7. The molecule has 0 unspecified atom stereocenters. The number of benzene rings is 2. The van der Waals surface area contributed by atoms with Crippen molar-refractivity contribution in [1.82, 2.24) is 4.90 Å². The van der Waals surface area contributed by atoms with Crippen LogP contribution in [0.15, 0.2) is 60.7 Å². The summed E-state index contributed by atoms with van der Waals surface area (Å²) in [6.07, 6.45) is 1.67. The number of para-hydroxylation sites is 1. The molecule has 28 heavy (non-hydrogen) atoms. The molecule has 2 N–H and O–H groups in total. The Kier molecular flexibility index (Phi) is 7.60. The number of aliphatic hydroxyl groups is 1. The van der Waals surface area contributed by atoms with Gasteiger partial charge in [-0.15, -0.1) is 0 Å². The zero-order valence-electron chi connectivity index (χ0n) is 16.5. The van der Waals surface area contributed by atoms with E-state index in [2.05, 4.69) is 41.5 Å². The molecule has 1 amide bonds. The maximum absolute atomic E-state index is 12.5. The number of carbonyl (C=O) groups is 1. The molecular weight excluding hydrogens is 352 g/mol. The van der Waals surface area contributed by atoms with E-state index in [0.29, 0.717) is 12.1 Å². The lowest BCUT2D eigenvalue weighted by Crippen LogP contribution is -2.47. The Morgan fingerprint density at radius 2 is 1.75 bits per heavy atom. The van der Waals surface area contributed by atoms with Crippen LogP contribution in [0.1, 0.15) is 24.8 Å². The number of hydrogen-bond acceptors (Lipinski definition) is 4. The smallest absolute Gasteiger partial charge is 0.256 e. The second kappa shape index (κ2) is 10.4. The van der Waals surface area contributed by atoms with Crippen LogP contribution in [0.2, 0.25) is 0 Å². The molecule has 3 rings (SSSR count). The molecular formula is C23H30N2O3. The lowest BCUT2D eigenvalue weighted by Gasteiger charge is -2.33. The molecule has 0 saturated carbocycles. The quantitative estimate of drug-likeness (QED) is 0.737. The molecule has 0 bridgehead atoms. The molecule has 5 heteroatoms. The highest BCUT2D eigenvalue weighted by Crippen LogP contribution is 2.23. The van der Waals surface area contributed by atoms with Crippen molar-refractivity contribution in [3.8, 4) is 0 Å². The summed E-state index contributed by atoms with van der Waals surface area (Å²) in [5.41, 5.74) is 2.05. The van der Waals surface area contributed by atoms with E-state index in [-0.39, 0.29) is 12.0 Å². The molecule has 0 aromatic heterocycles. The van der Waals surface area contributed by atoms with Crippen molar-refractivity contribution < 1.29 is 14.6 Å². The lowest BCUT2D eigenvalue weighted by atomic mass is 9.98. The van der Waals surface area contributed by atoms with E-state index in [1.807, 2.05) is 36.4 Å². The summed E-state index contributed by atoms with van der Waals surface area (Å²) < 4.78 is 5.96. The summed E-state index contributed by atoms with van der Waals surface area (Å²) in [4.78, 5) is 14.8. The van der Waals surface area contributed by atoms with Crippen LogP contribution in [0.25, 0.3) is 0 Å². The first kappa shape index (κ1) is 20.5. The van der Waals surface area contributed by atoms with E-state index in [4.69, 9.17) is 4.74 Å². The van der Waals surface area contributed by atoms with Gasteiger partial charge >= 0.3 is 0 Å². The summed E-state index contributed by atoms with van der Waals surface area (Å²) in [5, 5.41) is 13.1. The average molecular weight is 383 g/mol. The minimum absolute atomic E-state index is 0.00546. The number of amides is 1. The van der Waals surface area contributed by atoms with E-state index in [1.54, 1.807) is 0 Å². The SMILES string of the molecule is CN(CCc1ccccc1)CC[C@H]1CC[C@H](O)[C@@H](C(=O)Nc2ccccc2)O1. The number of rotatable bonds is 8. The van der Waals surface area contributed by atoms with E-state index in [9.17, 15) is 9.90 Å². The summed E-state index contributed by atoms with van der Waals surface area (Å²) in [5.74, 6) is -0.277. The lowest BCUT2D eigenvalue weighted by molar-refractivity contribution is -0.153. The Morgan fingerprint density at radius 1 is 1.07 bits per heavy atom. The summed E-state index contributed by atoms with van der Waals surface area (Å²) >= 11 is 0. The third-order valence-electron chi connectivity index (χ3n) is 5.23. The number of nitrogens with one attached hydrogen (secondary N) is 1. The van der Waals surface area contributed by atoms with Gasteiger partial charge in [-0.2, -0.15) is 0 Å². The van der Waals surface area contributed by atoms with Gasteiger partial charge in [-0.25, -0.2) is 0 Å². The molecule has 2 aromatic carbocycles. The van der Waals surface area contributed by atoms with Gasteiger partial charge < -0.3 is 20.1 Å². The van der Waals surface area contributed by atoms with E-state index in [1.165, 1.54) is 5.56 Å². The number of aliphatic hydroxyl groups excluding tert-OH is 1. The maximum Gasteiger partial charge on any atom is 0.256 e. The third kappa shape index (κ3) is 6.16. The first-order chi connectivity index (χ1) is 13.6. The Hall–Kier alpha value is -2.21. The van der Waals surface area contributed by atoms with Gasteiger partial charge in [0.2, 0.25) is 0 Å². The van der Waals surface area contributed by atoms with Crippen LogP contribution in [-0.2, 0) is 16.0 Å². The molecule has 150 valence electrons. The molecule has 2 aromatic rings. The number of hydrogen-bond donors (Lipinski definition) is 2. The fraction of sp³-hybridized carbons (Fsp3) is 0.435. The van der Waals surface area contributed by atoms with Crippen molar-refractivity contribution in [1.29, 1.82) is 0 Å². The zero-order chi connectivity index (χ0) is 19.8. The predicted octanol–water partition coefficient (Wildman–Crippen LogP) is 3.10. The molecule has 5 nitrogen and oxygen atoms in total. The van der Waals surface area contributed by atoms with Crippen LogP contribution in [0, 0.1) is 0 Å². The van der Waals surface area contributed by atoms with Gasteiger partial charge in [0.1, 0.15) is 0 Å². The molecule has 1 aliphatic rings. The molecule has 0 aliphatic carbocycles. The second-order valence-corrected chi connectivity index (χ2v) is 7.51. The van der Waals surface area contributed by atoms with Crippen LogP contribution in [0.5, 0.6) is 0 Å². The predicted molar refractivity (Wildman–Crippen MR) is 111 cm³/mol. The maximum atomic E-state index is 12.5. The van der Waals surface area contributed by atoms with Gasteiger partial charge in [-0.05, 0) is 50.4 Å². The van der Waals surface area contributed by atoms with E-state index < -0.39 is 12.2 Å². The largest absolute Gasteiger partial charge is 0.390 e. The van der Waals surface area contributed by atoms with Crippen molar-refractivity contribution in [3.63, 3.8) is 0 Å². The van der Waals surface area contributed by atoms with Crippen molar-refractivity contribution in [2.45, 2.75) is 44.0 Å². The molecule has 1 saturated heterocycles. The highest BCUT2D eigenvalue weighted by Gasteiger charge is 2.35. The number of carbonyl (C=O) groups excluding carboxylic acids is 1. The minimum Gasteiger partial charge on any atom is -0.390 e. The molecule has 1 fully saturated rings. The van der Waals surface area contributed by atoms with Gasteiger partial charge in [0.15, 0.2) is 6.10 Å². The first-order valence-corrected chi connectivity index (χ1v) is 10.0. The van der Waals surface area contributed by atoms with E-state index >= 15 is 0 Å². The van der Waals surface area contributed by atoms with Crippen LogP contribution in [-0.4, -0.2) is 54.4 Å². The summed E-state index contributed by atoms with van der Waals surface area (Å²) in [6.45, 7) is 1.89. The van der Waals surface area contributed by atoms with Crippen LogP contribution in [0.4, 0.5) is 5.69 Å². The monoisotopic (exact) mass is 382 g/mol. The normalized spacial score (nSPS) is 22.2. The van der Waals surface area contributed by atoms with Crippen molar-refractivity contribution in [2.24, 2.45) is 0 Å². The van der Waals surface area contributed by atoms with Crippen molar-refractivity contribution in [2.75, 3.05) is 25.5 Å². The van der Waals surface area contributed by atoms with Gasteiger partial charge in [-0.1, -0.05) is 48.5 Å². The highest BCUT2D eigenvalue weighted by molar-refractivity contribution is 5.94. The Labute approximate surface area is 167 Å². The molecule has 0 spiro atoms. The third-order valence-corrected chi connectivity index (χ3v) is 5.23. The number of likely N-dealkylation sites (N-methyl/N-ethyl adjacent to an activating group) is 1. The summed E-state index contributed by atoms with van der Waals surface area (Å²) in [7, 11) is 2.11. The number of anilines is 1. The molecule has 0 radical (unpaired) electrons. The minimum atomic E-state index is -0.811. The number of ether oxygens (including phenoxy) is 1. The molecule has 1 aliphatic heterocycles. The standard InChI is InChI=1S/C23H30N2O3/c1-25(16-14-18-8-4-2-5-9-18)17-15-20-12-13-21(26)22(28-20)23(27)24-19-10-6-3-7-11-19/h2-11,20-22,26H,12-17H2,1H3,(H,24,27)/t20-,21+,22+/m1/s1. The Bertz CT molecular complexity index is 723. The van der Waals surface area contributed by atoms with Crippen molar-refractivity contribution in [3.05, 3.63) is 66.2 Å². The highest BCUT2D eigenvalue weighted by atomic mass is 16.5.